The van der Waals surface area contributed by atoms with Crippen molar-refractivity contribution in [3.63, 3.8) is 0 Å². The largest absolute Gasteiger partial charge is 0.508 e. The second-order valence-corrected chi connectivity index (χ2v) is 4.67. The van der Waals surface area contributed by atoms with Gasteiger partial charge < -0.3 is 10.4 Å². The van der Waals surface area contributed by atoms with Crippen molar-refractivity contribution < 1.29 is 9.90 Å². The first kappa shape index (κ1) is 13.9. The van der Waals surface area contributed by atoms with E-state index in [1.807, 2.05) is 6.07 Å². The van der Waals surface area contributed by atoms with Gasteiger partial charge in [0.1, 0.15) is 5.75 Å². The van der Waals surface area contributed by atoms with E-state index in [1.165, 1.54) is 24.3 Å². The molecule has 0 unspecified atom stereocenters. The fourth-order valence-electron chi connectivity index (χ4n) is 1.78. The van der Waals surface area contributed by atoms with Crippen LogP contribution in [0.1, 0.15) is 21.5 Å². The molecular formula is C15H11ClN2O2. The van der Waals surface area contributed by atoms with Crippen molar-refractivity contribution in [2.75, 3.05) is 5.32 Å². The van der Waals surface area contributed by atoms with E-state index >= 15 is 0 Å². The van der Waals surface area contributed by atoms with E-state index in [4.69, 9.17) is 16.9 Å². The maximum Gasteiger partial charge on any atom is 0.255 e. The van der Waals surface area contributed by atoms with Crippen LogP contribution in [0.15, 0.2) is 36.4 Å². The maximum absolute atomic E-state index is 12.2. The van der Waals surface area contributed by atoms with Gasteiger partial charge in [0.05, 0.1) is 22.3 Å². The van der Waals surface area contributed by atoms with Crippen LogP contribution in [0.5, 0.6) is 5.75 Å². The molecule has 20 heavy (non-hydrogen) atoms. The number of carbonyl (C=O) groups is 1. The van der Waals surface area contributed by atoms with Crippen molar-refractivity contribution >= 4 is 23.2 Å². The molecule has 0 saturated heterocycles. The molecule has 0 aromatic heterocycles. The molecule has 0 bridgehead atoms. The Hall–Kier alpha value is -2.51. The van der Waals surface area contributed by atoms with Crippen molar-refractivity contribution in [3.8, 4) is 11.8 Å². The van der Waals surface area contributed by atoms with Gasteiger partial charge in [-0.3, -0.25) is 4.79 Å². The van der Waals surface area contributed by atoms with E-state index in [1.54, 1.807) is 19.1 Å². The fourth-order valence-corrected chi connectivity index (χ4v) is 1.95. The predicted octanol–water partition coefficient (Wildman–Crippen LogP) is 3.48. The monoisotopic (exact) mass is 286 g/mol. The fraction of sp³-hybridized carbons (Fsp3) is 0.0667. The first-order valence-electron chi connectivity index (χ1n) is 5.82. The Bertz CT molecular complexity index is 720. The van der Waals surface area contributed by atoms with Crippen LogP contribution in [-0.2, 0) is 0 Å². The number of hydrogen-bond donors (Lipinski definition) is 2. The Balaban J connectivity index is 2.30. The molecule has 2 N–H and O–H groups in total. The molecule has 2 rings (SSSR count). The average Bonchev–Trinajstić information content (AvgIpc) is 2.41. The zero-order valence-corrected chi connectivity index (χ0v) is 11.4. The first-order chi connectivity index (χ1) is 9.51. The van der Waals surface area contributed by atoms with E-state index < -0.39 is 0 Å². The number of halogens is 1. The maximum atomic E-state index is 12.2. The lowest BCUT2D eigenvalue weighted by Gasteiger charge is -2.09. The van der Waals surface area contributed by atoms with Crippen LogP contribution in [-0.4, -0.2) is 11.0 Å². The SMILES string of the molecule is Cc1cc(O)ccc1C(=O)Nc1cc(C#N)ccc1Cl. The summed E-state index contributed by atoms with van der Waals surface area (Å²) in [5.74, 6) is -0.247. The Kier molecular flexibility index (Phi) is 3.92. The normalized spacial score (nSPS) is 9.85. The number of carbonyl (C=O) groups excluding carboxylic acids is 1. The van der Waals surface area contributed by atoms with Crippen LogP contribution in [0.2, 0.25) is 5.02 Å². The Morgan fingerprint density at radius 3 is 2.70 bits per heavy atom. The van der Waals surface area contributed by atoms with Crippen LogP contribution < -0.4 is 5.32 Å². The van der Waals surface area contributed by atoms with Gasteiger partial charge in [0.25, 0.3) is 5.91 Å². The minimum Gasteiger partial charge on any atom is -0.508 e. The molecule has 0 aliphatic rings. The number of rotatable bonds is 2. The summed E-state index contributed by atoms with van der Waals surface area (Å²) < 4.78 is 0. The lowest BCUT2D eigenvalue weighted by molar-refractivity contribution is 0.102. The van der Waals surface area contributed by atoms with Gasteiger partial charge >= 0.3 is 0 Å². The van der Waals surface area contributed by atoms with Gasteiger partial charge in [0, 0.05) is 5.56 Å². The highest BCUT2D eigenvalue weighted by atomic mass is 35.5. The second-order valence-electron chi connectivity index (χ2n) is 4.26. The number of benzene rings is 2. The highest BCUT2D eigenvalue weighted by Crippen LogP contribution is 2.24. The Labute approximate surface area is 121 Å². The average molecular weight is 287 g/mol. The highest BCUT2D eigenvalue weighted by Gasteiger charge is 2.12. The molecule has 0 saturated carbocycles. The molecule has 1 amide bonds. The molecule has 2 aromatic rings. The van der Waals surface area contributed by atoms with E-state index in [0.29, 0.717) is 27.4 Å². The minimum absolute atomic E-state index is 0.101. The number of nitriles is 1. The van der Waals surface area contributed by atoms with Gasteiger partial charge in [-0.2, -0.15) is 5.26 Å². The number of nitrogens with one attached hydrogen (secondary N) is 1. The summed E-state index contributed by atoms with van der Waals surface area (Å²) in [6.07, 6.45) is 0. The second kappa shape index (κ2) is 5.64. The molecule has 5 heteroatoms. The summed E-state index contributed by atoms with van der Waals surface area (Å²) in [4.78, 5) is 12.2. The molecule has 0 aliphatic heterocycles. The number of amides is 1. The van der Waals surface area contributed by atoms with Crippen LogP contribution in [0.25, 0.3) is 0 Å². The first-order valence-corrected chi connectivity index (χ1v) is 6.19. The summed E-state index contributed by atoms with van der Waals surface area (Å²) in [5.41, 5.74) is 1.87. The molecule has 0 fully saturated rings. The molecule has 0 heterocycles. The smallest absolute Gasteiger partial charge is 0.255 e. The zero-order valence-electron chi connectivity index (χ0n) is 10.6. The van der Waals surface area contributed by atoms with Crippen LogP contribution in [0.3, 0.4) is 0 Å². The Morgan fingerprint density at radius 1 is 1.30 bits per heavy atom. The third kappa shape index (κ3) is 2.90. The van der Waals surface area contributed by atoms with Crippen molar-refractivity contribution in [1.29, 1.82) is 5.26 Å². The molecular weight excluding hydrogens is 276 g/mol. The molecule has 0 atom stereocenters. The topological polar surface area (TPSA) is 73.1 Å². The van der Waals surface area contributed by atoms with Crippen molar-refractivity contribution in [3.05, 3.63) is 58.1 Å². The number of hydrogen-bond acceptors (Lipinski definition) is 3. The molecule has 4 nitrogen and oxygen atoms in total. The number of phenolic OH excluding ortho intramolecular Hbond substituents is 1. The van der Waals surface area contributed by atoms with Gasteiger partial charge in [-0.15, -0.1) is 0 Å². The third-order valence-corrected chi connectivity index (χ3v) is 3.13. The number of nitrogens with zero attached hydrogens (tertiary/aromatic N) is 1. The van der Waals surface area contributed by atoms with Crippen LogP contribution in [0, 0.1) is 18.3 Å². The van der Waals surface area contributed by atoms with Gasteiger partial charge in [-0.05, 0) is 48.9 Å². The lowest BCUT2D eigenvalue weighted by atomic mass is 10.1. The summed E-state index contributed by atoms with van der Waals surface area (Å²) in [6.45, 7) is 1.72. The van der Waals surface area contributed by atoms with Crippen molar-refractivity contribution in [1.82, 2.24) is 0 Å². The Morgan fingerprint density at radius 2 is 2.05 bits per heavy atom. The standard InChI is InChI=1S/C15H11ClN2O2/c1-9-6-11(19)3-4-12(9)15(20)18-14-7-10(8-17)2-5-13(14)16/h2-7,19H,1H3,(H,18,20). The van der Waals surface area contributed by atoms with Gasteiger partial charge in [-0.1, -0.05) is 11.6 Å². The molecule has 0 aliphatic carbocycles. The molecule has 0 radical (unpaired) electrons. The summed E-state index contributed by atoms with van der Waals surface area (Å²) >= 11 is 5.99. The van der Waals surface area contributed by atoms with E-state index in [2.05, 4.69) is 5.32 Å². The van der Waals surface area contributed by atoms with E-state index in [9.17, 15) is 9.90 Å². The molecule has 0 spiro atoms. The molecule has 100 valence electrons. The number of phenols is 1. The van der Waals surface area contributed by atoms with Gasteiger partial charge in [0.15, 0.2) is 0 Å². The van der Waals surface area contributed by atoms with Crippen molar-refractivity contribution in [2.24, 2.45) is 0 Å². The van der Waals surface area contributed by atoms with Gasteiger partial charge in [0.2, 0.25) is 0 Å². The number of anilines is 1. The van der Waals surface area contributed by atoms with Crippen molar-refractivity contribution in [2.45, 2.75) is 6.92 Å². The quantitative estimate of drug-likeness (QED) is 0.887. The lowest BCUT2D eigenvalue weighted by Crippen LogP contribution is -2.13. The zero-order chi connectivity index (χ0) is 14.7. The van der Waals surface area contributed by atoms with E-state index in [-0.39, 0.29) is 11.7 Å². The number of aryl methyl sites for hydroxylation is 1. The molecule has 2 aromatic carbocycles. The third-order valence-electron chi connectivity index (χ3n) is 2.80. The van der Waals surface area contributed by atoms with Gasteiger partial charge in [-0.25, -0.2) is 0 Å². The minimum atomic E-state index is -0.348. The summed E-state index contributed by atoms with van der Waals surface area (Å²) in [6, 6.07) is 11.1. The predicted molar refractivity (Wildman–Crippen MR) is 77.0 cm³/mol. The van der Waals surface area contributed by atoms with Crippen LogP contribution in [0.4, 0.5) is 5.69 Å². The van der Waals surface area contributed by atoms with Crippen LogP contribution >= 0.6 is 11.6 Å². The number of aromatic hydroxyl groups is 1. The summed E-state index contributed by atoms with van der Waals surface area (Å²) in [5, 5.41) is 21.2. The highest BCUT2D eigenvalue weighted by molar-refractivity contribution is 6.34. The van der Waals surface area contributed by atoms with E-state index in [0.717, 1.165) is 0 Å². The summed E-state index contributed by atoms with van der Waals surface area (Å²) in [7, 11) is 0.